The number of rotatable bonds is 3. The molecule has 0 radical (unpaired) electrons. The number of anilines is 1. The molecular weight excluding hydrogens is 309 g/mol. The first-order chi connectivity index (χ1) is 11.4. The molecule has 0 spiro atoms. The molecule has 0 atom stereocenters. The molecule has 0 aliphatic rings. The van der Waals surface area contributed by atoms with Crippen molar-refractivity contribution >= 4 is 17.2 Å². The SMILES string of the molecule is Cc1ccc2nc(C)c(NC(=O)Cc3ccc(F)cc3)c(=O)n2c1. The lowest BCUT2D eigenvalue weighted by atomic mass is 10.1. The first-order valence-corrected chi connectivity index (χ1v) is 7.48. The van der Waals surface area contributed by atoms with Crippen LogP contribution in [0.1, 0.15) is 16.8 Å². The van der Waals surface area contributed by atoms with E-state index in [1.807, 2.05) is 13.0 Å². The van der Waals surface area contributed by atoms with E-state index >= 15 is 0 Å². The lowest BCUT2D eigenvalue weighted by Gasteiger charge is -2.10. The molecule has 24 heavy (non-hydrogen) atoms. The van der Waals surface area contributed by atoms with Crippen LogP contribution in [0.4, 0.5) is 10.1 Å². The van der Waals surface area contributed by atoms with Crippen LogP contribution in [-0.2, 0) is 11.2 Å². The second-order valence-corrected chi connectivity index (χ2v) is 5.66. The van der Waals surface area contributed by atoms with Crippen molar-refractivity contribution in [1.29, 1.82) is 0 Å². The number of halogens is 1. The van der Waals surface area contributed by atoms with Gasteiger partial charge < -0.3 is 5.32 Å². The van der Waals surface area contributed by atoms with Crippen molar-refractivity contribution in [3.8, 4) is 0 Å². The highest BCUT2D eigenvalue weighted by Gasteiger charge is 2.13. The van der Waals surface area contributed by atoms with Gasteiger partial charge in [0.2, 0.25) is 5.91 Å². The molecule has 1 aromatic carbocycles. The molecule has 2 heterocycles. The number of benzene rings is 1. The van der Waals surface area contributed by atoms with Crippen LogP contribution in [0.3, 0.4) is 0 Å². The van der Waals surface area contributed by atoms with Crippen molar-refractivity contribution in [2.24, 2.45) is 0 Å². The molecule has 1 amide bonds. The van der Waals surface area contributed by atoms with Gasteiger partial charge in [0.1, 0.15) is 17.2 Å². The minimum atomic E-state index is -0.359. The average molecular weight is 325 g/mol. The van der Waals surface area contributed by atoms with Crippen molar-refractivity contribution in [1.82, 2.24) is 9.38 Å². The number of hydrogen-bond donors (Lipinski definition) is 1. The number of hydrogen-bond acceptors (Lipinski definition) is 3. The summed E-state index contributed by atoms with van der Waals surface area (Å²) in [6.45, 7) is 3.55. The van der Waals surface area contributed by atoms with Crippen LogP contribution >= 0.6 is 0 Å². The van der Waals surface area contributed by atoms with E-state index in [9.17, 15) is 14.0 Å². The molecule has 5 nitrogen and oxygen atoms in total. The molecule has 0 saturated carbocycles. The molecule has 0 fully saturated rings. The summed E-state index contributed by atoms with van der Waals surface area (Å²) in [5, 5.41) is 2.62. The van der Waals surface area contributed by atoms with E-state index in [4.69, 9.17) is 0 Å². The quantitative estimate of drug-likeness (QED) is 0.805. The monoisotopic (exact) mass is 325 g/mol. The van der Waals surface area contributed by atoms with Gasteiger partial charge in [0.25, 0.3) is 5.56 Å². The summed E-state index contributed by atoms with van der Waals surface area (Å²) >= 11 is 0. The molecule has 6 heteroatoms. The van der Waals surface area contributed by atoms with Gasteiger partial charge in [-0.3, -0.25) is 14.0 Å². The third-order valence-corrected chi connectivity index (χ3v) is 3.69. The summed E-state index contributed by atoms with van der Waals surface area (Å²) in [5.41, 5.74) is 2.39. The molecular formula is C18H16FN3O2. The largest absolute Gasteiger partial charge is 0.320 e. The Labute approximate surface area is 137 Å². The Balaban J connectivity index is 1.90. The number of pyridine rings is 1. The van der Waals surface area contributed by atoms with Crippen LogP contribution in [0.2, 0.25) is 0 Å². The number of aromatic nitrogens is 2. The van der Waals surface area contributed by atoms with Crippen molar-refractivity contribution in [2.75, 3.05) is 5.32 Å². The van der Waals surface area contributed by atoms with Gasteiger partial charge in [0.05, 0.1) is 12.1 Å². The lowest BCUT2D eigenvalue weighted by molar-refractivity contribution is -0.115. The number of aryl methyl sites for hydroxylation is 2. The Morgan fingerprint density at radius 1 is 1.17 bits per heavy atom. The standard InChI is InChI=1S/C18H16FN3O2/c1-11-3-8-15-20-12(2)17(18(24)22(15)10-11)21-16(23)9-13-4-6-14(19)7-5-13/h3-8,10H,9H2,1-2H3,(H,21,23). The summed E-state index contributed by atoms with van der Waals surface area (Å²) in [7, 11) is 0. The molecule has 1 N–H and O–H groups in total. The Morgan fingerprint density at radius 2 is 1.88 bits per heavy atom. The van der Waals surface area contributed by atoms with Crippen LogP contribution in [0.15, 0.2) is 47.4 Å². The van der Waals surface area contributed by atoms with Crippen molar-refractivity contribution in [2.45, 2.75) is 20.3 Å². The molecule has 0 aliphatic carbocycles. The highest BCUT2D eigenvalue weighted by molar-refractivity contribution is 5.92. The van der Waals surface area contributed by atoms with Gasteiger partial charge in [-0.2, -0.15) is 0 Å². The predicted octanol–water partition coefficient (Wildman–Crippen LogP) is 2.63. The maximum Gasteiger partial charge on any atom is 0.281 e. The number of carbonyl (C=O) groups excluding carboxylic acids is 1. The predicted molar refractivity (Wildman–Crippen MR) is 89.7 cm³/mol. The van der Waals surface area contributed by atoms with Gasteiger partial charge in [-0.05, 0) is 43.2 Å². The molecule has 0 unspecified atom stereocenters. The minimum absolute atomic E-state index is 0.0513. The number of fused-ring (bicyclic) bond motifs is 1. The molecule has 0 aliphatic heterocycles. The van der Waals surface area contributed by atoms with Crippen molar-refractivity contribution in [3.05, 3.63) is 75.6 Å². The summed E-state index contributed by atoms with van der Waals surface area (Å²) in [6.07, 6.45) is 1.73. The summed E-state index contributed by atoms with van der Waals surface area (Å²) in [5.74, 6) is -0.710. The highest BCUT2D eigenvalue weighted by Crippen LogP contribution is 2.11. The summed E-state index contributed by atoms with van der Waals surface area (Å²) in [6, 6.07) is 9.29. The Bertz CT molecular complexity index is 978. The van der Waals surface area contributed by atoms with E-state index in [1.54, 1.807) is 19.2 Å². The van der Waals surface area contributed by atoms with E-state index in [1.165, 1.54) is 28.7 Å². The number of amides is 1. The molecule has 0 bridgehead atoms. The van der Waals surface area contributed by atoms with Crippen LogP contribution in [0, 0.1) is 19.7 Å². The van der Waals surface area contributed by atoms with E-state index < -0.39 is 0 Å². The molecule has 2 aromatic heterocycles. The van der Waals surface area contributed by atoms with Gasteiger partial charge in [-0.15, -0.1) is 0 Å². The van der Waals surface area contributed by atoms with Gasteiger partial charge in [-0.1, -0.05) is 18.2 Å². The number of carbonyl (C=O) groups is 1. The van der Waals surface area contributed by atoms with Gasteiger partial charge in [0.15, 0.2) is 0 Å². The zero-order valence-electron chi connectivity index (χ0n) is 13.3. The minimum Gasteiger partial charge on any atom is -0.320 e. The molecule has 3 rings (SSSR count). The third kappa shape index (κ3) is 3.17. The molecule has 122 valence electrons. The maximum atomic E-state index is 12.9. The fourth-order valence-corrected chi connectivity index (χ4v) is 2.47. The third-order valence-electron chi connectivity index (χ3n) is 3.69. The Hall–Kier alpha value is -3.02. The van der Waals surface area contributed by atoms with Crippen molar-refractivity contribution < 1.29 is 9.18 Å². The Morgan fingerprint density at radius 3 is 2.58 bits per heavy atom. The van der Waals surface area contributed by atoms with E-state index in [0.717, 1.165) is 5.56 Å². The second kappa shape index (κ2) is 6.23. The Kier molecular flexibility index (Phi) is 4.12. The van der Waals surface area contributed by atoms with Crippen LogP contribution in [0.25, 0.3) is 5.65 Å². The maximum absolute atomic E-state index is 12.9. The number of nitrogens with zero attached hydrogens (tertiary/aromatic N) is 2. The van der Waals surface area contributed by atoms with E-state index in [2.05, 4.69) is 10.3 Å². The van der Waals surface area contributed by atoms with Crippen LogP contribution in [0.5, 0.6) is 0 Å². The zero-order valence-corrected chi connectivity index (χ0v) is 13.3. The average Bonchev–Trinajstić information content (AvgIpc) is 2.54. The molecule has 0 saturated heterocycles. The van der Waals surface area contributed by atoms with Gasteiger partial charge in [0, 0.05) is 6.20 Å². The fourth-order valence-electron chi connectivity index (χ4n) is 2.47. The zero-order chi connectivity index (χ0) is 17.3. The van der Waals surface area contributed by atoms with Crippen LogP contribution in [-0.4, -0.2) is 15.3 Å². The summed E-state index contributed by atoms with van der Waals surface area (Å²) < 4.78 is 14.3. The van der Waals surface area contributed by atoms with Gasteiger partial charge in [-0.25, -0.2) is 9.37 Å². The lowest BCUT2D eigenvalue weighted by Crippen LogP contribution is -2.26. The first kappa shape index (κ1) is 15.9. The summed E-state index contributed by atoms with van der Waals surface area (Å²) in [4.78, 5) is 29.1. The highest BCUT2D eigenvalue weighted by atomic mass is 19.1. The second-order valence-electron chi connectivity index (χ2n) is 5.66. The first-order valence-electron chi connectivity index (χ1n) is 7.48. The van der Waals surface area contributed by atoms with Crippen LogP contribution < -0.4 is 10.9 Å². The number of nitrogens with one attached hydrogen (secondary N) is 1. The fraction of sp³-hybridized carbons (Fsp3) is 0.167. The van der Waals surface area contributed by atoms with Crippen molar-refractivity contribution in [3.63, 3.8) is 0 Å². The smallest absolute Gasteiger partial charge is 0.281 e. The van der Waals surface area contributed by atoms with Gasteiger partial charge >= 0.3 is 0 Å². The van der Waals surface area contributed by atoms with E-state index in [-0.39, 0.29) is 29.4 Å². The van der Waals surface area contributed by atoms with E-state index in [0.29, 0.717) is 16.9 Å². The molecule has 3 aromatic rings. The normalized spacial score (nSPS) is 10.8. The topological polar surface area (TPSA) is 63.5 Å².